The van der Waals surface area contributed by atoms with Crippen LogP contribution in [-0.2, 0) is 13.0 Å². The molecule has 2 heterocycles. The second-order valence-electron chi connectivity index (χ2n) is 8.20. The highest BCUT2D eigenvalue weighted by molar-refractivity contribution is 5.94. The lowest BCUT2D eigenvalue weighted by atomic mass is 10.1. The summed E-state index contributed by atoms with van der Waals surface area (Å²) < 4.78 is 13.3. The van der Waals surface area contributed by atoms with E-state index >= 15 is 0 Å². The molecule has 0 N–H and O–H groups in total. The molecule has 1 aromatic heterocycles. The largest absolute Gasteiger partial charge is 0.338 e. The van der Waals surface area contributed by atoms with Gasteiger partial charge < -0.3 is 4.90 Å². The van der Waals surface area contributed by atoms with Gasteiger partial charge in [0.25, 0.3) is 5.91 Å². The summed E-state index contributed by atoms with van der Waals surface area (Å²) in [4.78, 5) is 21.6. The number of benzene rings is 2. The molecule has 4 nitrogen and oxygen atoms in total. The Morgan fingerprint density at radius 2 is 1.81 bits per heavy atom. The topological polar surface area (TPSA) is 36.4 Å². The first-order chi connectivity index (χ1) is 15.2. The Bertz CT molecular complexity index is 963. The molecule has 3 aromatic rings. The molecule has 1 amide bonds. The second kappa shape index (κ2) is 10.3. The summed E-state index contributed by atoms with van der Waals surface area (Å²) in [5.74, 6) is 0.327. The van der Waals surface area contributed by atoms with Crippen LogP contribution in [0.15, 0.2) is 79.0 Å². The van der Waals surface area contributed by atoms with E-state index in [1.54, 1.807) is 0 Å². The molecule has 1 saturated heterocycles. The third-order valence-electron chi connectivity index (χ3n) is 5.84. The van der Waals surface area contributed by atoms with Crippen molar-refractivity contribution in [2.75, 3.05) is 26.2 Å². The highest BCUT2D eigenvalue weighted by Crippen LogP contribution is 2.21. The number of halogens is 1. The van der Waals surface area contributed by atoms with E-state index in [1.165, 1.54) is 12.1 Å². The van der Waals surface area contributed by atoms with Crippen LogP contribution in [0.1, 0.15) is 28.0 Å². The zero-order valence-corrected chi connectivity index (χ0v) is 17.7. The molecule has 4 rings (SSSR count). The van der Waals surface area contributed by atoms with Gasteiger partial charge in [-0.25, -0.2) is 4.39 Å². The van der Waals surface area contributed by atoms with Crippen molar-refractivity contribution in [1.29, 1.82) is 0 Å². The maximum atomic E-state index is 13.3. The summed E-state index contributed by atoms with van der Waals surface area (Å²) in [6.45, 7) is 4.11. The first kappa shape index (κ1) is 21.2. The Hall–Kier alpha value is -3.05. The van der Waals surface area contributed by atoms with Gasteiger partial charge in [-0.2, -0.15) is 0 Å². The van der Waals surface area contributed by atoms with Crippen LogP contribution in [-0.4, -0.2) is 46.9 Å². The summed E-state index contributed by atoms with van der Waals surface area (Å²) in [5.41, 5.74) is 2.91. The Kier molecular flexibility index (Phi) is 7.05. The van der Waals surface area contributed by atoms with Crippen molar-refractivity contribution < 1.29 is 9.18 Å². The first-order valence-electron chi connectivity index (χ1n) is 10.9. The quantitative estimate of drug-likeness (QED) is 0.544. The van der Waals surface area contributed by atoms with Crippen LogP contribution < -0.4 is 0 Å². The van der Waals surface area contributed by atoms with Crippen LogP contribution in [0.2, 0.25) is 0 Å². The molecule has 0 saturated carbocycles. The zero-order chi connectivity index (χ0) is 21.5. The summed E-state index contributed by atoms with van der Waals surface area (Å²) in [5, 5.41) is 0. The predicted octanol–water partition coefficient (Wildman–Crippen LogP) is 4.43. The number of likely N-dealkylation sites (tertiary alicyclic amines) is 1. The molecule has 1 aliphatic rings. The Morgan fingerprint density at radius 1 is 1.03 bits per heavy atom. The van der Waals surface area contributed by atoms with Crippen molar-refractivity contribution >= 4 is 5.91 Å². The molecule has 0 radical (unpaired) electrons. The highest BCUT2D eigenvalue weighted by Gasteiger charge is 2.28. The van der Waals surface area contributed by atoms with E-state index in [9.17, 15) is 9.18 Å². The van der Waals surface area contributed by atoms with E-state index in [0.29, 0.717) is 5.92 Å². The predicted molar refractivity (Wildman–Crippen MR) is 120 cm³/mol. The molecule has 0 aliphatic carbocycles. The van der Waals surface area contributed by atoms with Crippen molar-refractivity contribution in [3.05, 3.63) is 102 Å². The highest BCUT2D eigenvalue weighted by atomic mass is 19.1. The van der Waals surface area contributed by atoms with Crippen LogP contribution in [0.3, 0.4) is 0 Å². The average Bonchev–Trinajstić information content (AvgIpc) is 3.28. The van der Waals surface area contributed by atoms with Gasteiger partial charge in [0.05, 0.1) is 0 Å². The van der Waals surface area contributed by atoms with Crippen LogP contribution in [0.4, 0.5) is 4.39 Å². The van der Waals surface area contributed by atoms with Gasteiger partial charge in [-0.15, -0.1) is 0 Å². The summed E-state index contributed by atoms with van der Waals surface area (Å²) in [6, 6.07) is 22.2. The van der Waals surface area contributed by atoms with Crippen LogP contribution in [0.25, 0.3) is 0 Å². The molecule has 1 fully saturated rings. The molecule has 1 aliphatic heterocycles. The molecule has 0 unspecified atom stereocenters. The van der Waals surface area contributed by atoms with Gasteiger partial charge in [-0.1, -0.05) is 36.4 Å². The number of pyridine rings is 1. The van der Waals surface area contributed by atoms with Crippen molar-refractivity contribution in [3.8, 4) is 0 Å². The fourth-order valence-electron chi connectivity index (χ4n) is 4.20. The monoisotopic (exact) mass is 417 g/mol. The first-order valence-corrected chi connectivity index (χ1v) is 10.9. The number of carbonyl (C=O) groups excluding carboxylic acids is 1. The van der Waals surface area contributed by atoms with Crippen molar-refractivity contribution in [2.45, 2.75) is 19.4 Å². The van der Waals surface area contributed by atoms with E-state index in [1.807, 2.05) is 71.8 Å². The summed E-state index contributed by atoms with van der Waals surface area (Å²) >= 11 is 0. The number of hydrogen-bond donors (Lipinski definition) is 0. The number of amides is 1. The van der Waals surface area contributed by atoms with Gasteiger partial charge in [0.1, 0.15) is 5.82 Å². The maximum absolute atomic E-state index is 13.3. The van der Waals surface area contributed by atoms with Crippen molar-refractivity contribution in [3.63, 3.8) is 0 Å². The number of hydrogen-bond acceptors (Lipinski definition) is 3. The summed E-state index contributed by atoms with van der Waals surface area (Å²) in [7, 11) is 0. The van der Waals surface area contributed by atoms with Crippen molar-refractivity contribution in [2.24, 2.45) is 5.92 Å². The van der Waals surface area contributed by atoms with Gasteiger partial charge in [0.15, 0.2) is 0 Å². The van der Waals surface area contributed by atoms with Gasteiger partial charge in [0.2, 0.25) is 0 Å². The molecular weight excluding hydrogens is 389 g/mol. The second-order valence-corrected chi connectivity index (χ2v) is 8.20. The third-order valence-corrected chi connectivity index (χ3v) is 5.84. The SMILES string of the molecule is O=C(c1ccccc1)N1CC[C@H](CN(CCc2ccccn2)Cc2ccc(F)cc2)C1. The van der Waals surface area contributed by atoms with Gasteiger partial charge >= 0.3 is 0 Å². The molecule has 2 aromatic carbocycles. The lowest BCUT2D eigenvalue weighted by Gasteiger charge is -2.26. The maximum Gasteiger partial charge on any atom is 0.253 e. The van der Waals surface area contributed by atoms with E-state index in [0.717, 1.165) is 62.4 Å². The molecule has 0 bridgehead atoms. The number of carbonyl (C=O) groups is 1. The van der Waals surface area contributed by atoms with Crippen molar-refractivity contribution in [1.82, 2.24) is 14.8 Å². The molecule has 5 heteroatoms. The van der Waals surface area contributed by atoms with E-state index in [4.69, 9.17) is 0 Å². The van der Waals surface area contributed by atoms with Crippen LogP contribution >= 0.6 is 0 Å². The Balaban J connectivity index is 1.39. The van der Waals surface area contributed by atoms with Gasteiger partial charge in [0, 0.05) is 56.6 Å². The normalized spacial score (nSPS) is 16.1. The fraction of sp³-hybridized carbons (Fsp3) is 0.308. The molecular formula is C26H28FN3O. The molecule has 160 valence electrons. The van der Waals surface area contributed by atoms with E-state index < -0.39 is 0 Å². The van der Waals surface area contributed by atoms with E-state index in [-0.39, 0.29) is 11.7 Å². The number of nitrogens with zero attached hydrogens (tertiary/aromatic N) is 3. The smallest absolute Gasteiger partial charge is 0.253 e. The fourth-order valence-corrected chi connectivity index (χ4v) is 4.20. The molecule has 31 heavy (non-hydrogen) atoms. The van der Waals surface area contributed by atoms with E-state index in [2.05, 4.69) is 9.88 Å². The molecule has 1 atom stereocenters. The molecule has 0 spiro atoms. The standard InChI is InChI=1S/C26H28FN3O/c27-24-11-9-21(10-12-24)18-29(16-14-25-8-4-5-15-28-25)19-22-13-17-30(20-22)26(31)23-6-2-1-3-7-23/h1-12,15,22H,13-14,16-20H2/t22-/m1/s1. The Morgan fingerprint density at radius 3 is 2.55 bits per heavy atom. The minimum absolute atomic E-state index is 0.113. The van der Waals surface area contributed by atoms with Crippen LogP contribution in [0.5, 0.6) is 0 Å². The number of rotatable bonds is 8. The number of aromatic nitrogens is 1. The third kappa shape index (κ3) is 5.98. The minimum atomic E-state index is -0.213. The van der Waals surface area contributed by atoms with Gasteiger partial charge in [-0.3, -0.25) is 14.7 Å². The lowest BCUT2D eigenvalue weighted by molar-refractivity contribution is 0.0783. The average molecular weight is 418 g/mol. The zero-order valence-electron chi connectivity index (χ0n) is 17.7. The summed E-state index contributed by atoms with van der Waals surface area (Å²) in [6.07, 6.45) is 3.69. The van der Waals surface area contributed by atoms with Crippen LogP contribution in [0, 0.1) is 11.7 Å². The Labute approximate surface area is 183 Å². The van der Waals surface area contributed by atoms with Gasteiger partial charge in [-0.05, 0) is 54.3 Å². The minimum Gasteiger partial charge on any atom is -0.338 e. The lowest BCUT2D eigenvalue weighted by Crippen LogP contribution is -2.34.